The lowest BCUT2D eigenvalue weighted by Crippen LogP contribution is -2.22. The van der Waals surface area contributed by atoms with Gasteiger partial charge in [0.05, 0.1) is 0 Å². The zero-order valence-electron chi connectivity index (χ0n) is 10.6. The maximum absolute atomic E-state index is 11.9. The summed E-state index contributed by atoms with van der Waals surface area (Å²) in [4.78, 5) is 11.9. The average molecular weight is 336 g/mol. The minimum absolute atomic E-state index is 0.244. The highest BCUT2D eigenvalue weighted by molar-refractivity contribution is 9.08. The molecule has 0 aliphatic rings. The zero-order chi connectivity index (χ0) is 14.5. The van der Waals surface area contributed by atoms with Crippen LogP contribution in [0.2, 0.25) is 0 Å². The Morgan fingerprint density at radius 1 is 1.05 bits per heavy atom. The van der Waals surface area contributed by atoms with Gasteiger partial charge in [-0.1, -0.05) is 40.2 Å². The molecule has 0 bridgehead atoms. The number of phenols is 2. The fourth-order valence-electron chi connectivity index (χ4n) is 1.77. The first-order valence-electron chi connectivity index (χ1n) is 6.04. The highest BCUT2D eigenvalue weighted by atomic mass is 79.9. The van der Waals surface area contributed by atoms with Gasteiger partial charge in [-0.15, -0.1) is 0 Å². The summed E-state index contributed by atoms with van der Waals surface area (Å²) in [6.45, 7) is 0.404. The van der Waals surface area contributed by atoms with Crippen LogP contribution in [0.1, 0.15) is 21.5 Å². The summed E-state index contributed by atoms with van der Waals surface area (Å²) in [6, 6.07) is 11.8. The van der Waals surface area contributed by atoms with Crippen molar-refractivity contribution >= 4 is 21.8 Å². The van der Waals surface area contributed by atoms with Crippen LogP contribution in [0.25, 0.3) is 0 Å². The number of carbonyl (C=O) groups excluding carboxylic acids is 1. The van der Waals surface area contributed by atoms with Crippen LogP contribution in [0.4, 0.5) is 0 Å². The molecule has 2 rings (SSSR count). The predicted molar refractivity (Wildman–Crippen MR) is 80.0 cm³/mol. The van der Waals surface area contributed by atoms with Crippen molar-refractivity contribution in [2.45, 2.75) is 11.9 Å². The first-order chi connectivity index (χ1) is 9.60. The zero-order valence-corrected chi connectivity index (χ0v) is 12.2. The number of nitrogens with one attached hydrogen (secondary N) is 1. The molecule has 0 aliphatic carbocycles. The Morgan fingerprint density at radius 2 is 1.80 bits per heavy atom. The van der Waals surface area contributed by atoms with Crippen LogP contribution in [-0.4, -0.2) is 16.1 Å². The maximum atomic E-state index is 11.9. The number of amides is 1. The van der Waals surface area contributed by atoms with Crippen molar-refractivity contribution in [2.75, 3.05) is 0 Å². The van der Waals surface area contributed by atoms with E-state index in [1.54, 1.807) is 0 Å². The molecule has 0 aliphatic heterocycles. The number of hydrogen-bond acceptors (Lipinski definition) is 3. The molecule has 0 saturated carbocycles. The molecule has 0 aromatic heterocycles. The molecular weight excluding hydrogens is 322 g/mol. The molecule has 20 heavy (non-hydrogen) atoms. The fraction of sp³-hybridized carbons (Fsp3) is 0.133. The van der Waals surface area contributed by atoms with E-state index in [1.165, 1.54) is 18.2 Å². The third-order valence-electron chi connectivity index (χ3n) is 2.84. The van der Waals surface area contributed by atoms with Gasteiger partial charge in [0.2, 0.25) is 0 Å². The molecule has 2 aromatic carbocycles. The molecule has 0 spiro atoms. The summed E-state index contributed by atoms with van der Waals surface area (Å²) in [5, 5.41) is 22.1. The molecule has 104 valence electrons. The highest BCUT2D eigenvalue weighted by Crippen LogP contribution is 2.24. The Morgan fingerprint density at radius 3 is 2.50 bits per heavy atom. The topological polar surface area (TPSA) is 69.6 Å². The van der Waals surface area contributed by atoms with Gasteiger partial charge in [0, 0.05) is 17.4 Å². The van der Waals surface area contributed by atoms with E-state index < -0.39 is 0 Å². The molecule has 3 N–H and O–H groups in total. The van der Waals surface area contributed by atoms with Crippen LogP contribution >= 0.6 is 15.9 Å². The number of carbonyl (C=O) groups is 1. The van der Waals surface area contributed by atoms with E-state index in [2.05, 4.69) is 21.2 Å². The van der Waals surface area contributed by atoms with Crippen molar-refractivity contribution in [2.24, 2.45) is 0 Å². The molecule has 0 fully saturated rings. The van der Waals surface area contributed by atoms with E-state index in [0.29, 0.717) is 12.1 Å². The minimum atomic E-state index is -0.307. The van der Waals surface area contributed by atoms with Crippen LogP contribution in [0.3, 0.4) is 0 Å². The van der Waals surface area contributed by atoms with Gasteiger partial charge in [0.25, 0.3) is 5.91 Å². The van der Waals surface area contributed by atoms with Crippen LogP contribution in [0, 0.1) is 0 Å². The van der Waals surface area contributed by atoms with Gasteiger partial charge in [0.1, 0.15) is 0 Å². The summed E-state index contributed by atoms with van der Waals surface area (Å²) in [7, 11) is 0. The minimum Gasteiger partial charge on any atom is -0.504 e. The predicted octanol–water partition coefficient (Wildman–Crippen LogP) is 2.92. The largest absolute Gasteiger partial charge is 0.504 e. The van der Waals surface area contributed by atoms with E-state index in [1.807, 2.05) is 24.3 Å². The van der Waals surface area contributed by atoms with Crippen LogP contribution < -0.4 is 5.32 Å². The van der Waals surface area contributed by atoms with Gasteiger partial charge in [-0.25, -0.2) is 0 Å². The Labute approximate surface area is 125 Å². The van der Waals surface area contributed by atoms with Gasteiger partial charge in [-0.2, -0.15) is 0 Å². The lowest BCUT2D eigenvalue weighted by Gasteiger charge is -2.07. The summed E-state index contributed by atoms with van der Waals surface area (Å²) >= 11 is 3.38. The molecule has 1 amide bonds. The second-order valence-corrected chi connectivity index (χ2v) is 4.90. The van der Waals surface area contributed by atoms with E-state index in [9.17, 15) is 15.0 Å². The van der Waals surface area contributed by atoms with Crippen LogP contribution in [0.5, 0.6) is 11.5 Å². The number of benzene rings is 2. The second kappa shape index (κ2) is 6.43. The number of phenolic OH excluding ortho intramolecular Hbond substituents is 2. The third-order valence-corrected chi connectivity index (χ3v) is 3.48. The third kappa shape index (κ3) is 3.51. The smallest absolute Gasteiger partial charge is 0.251 e. The quantitative estimate of drug-likeness (QED) is 0.594. The number of aromatic hydroxyl groups is 2. The summed E-state index contributed by atoms with van der Waals surface area (Å²) in [5.74, 6) is -0.852. The molecule has 4 nitrogen and oxygen atoms in total. The monoisotopic (exact) mass is 335 g/mol. The Bertz CT molecular complexity index is 628. The van der Waals surface area contributed by atoms with Crippen molar-refractivity contribution in [1.82, 2.24) is 5.32 Å². The molecule has 0 radical (unpaired) electrons. The average Bonchev–Trinajstić information content (AvgIpc) is 2.47. The van der Waals surface area contributed by atoms with E-state index in [0.717, 1.165) is 16.5 Å². The summed E-state index contributed by atoms with van der Waals surface area (Å²) in [5.41, 5.74) is 2.44. The van der Waals surface area contributed by atoms with Crippen LogP contribution in [-0.2, 0) is 11.9 Å². The molecule has 2 aromatic rings. The Kier molecular flexibility index (Phi) is 4.63. The molecule has 0 atom stereocenters. The van der Waals surface area contributed by atoms with Gasteiger partial charge in [-0.05, 0) is 29.3 Å². The van der Waals surface area contributed by atoms with Gasteiger partial charge in [0.15, 0.2) is 11.5 Å². The number of hydrogen-bond donors (Lipinski definition) is 3. The number of halogens is 1. The fourth-order valence-corrected chi connectivity index (χ4v) is 2.12. The van der Waals surface area contributed by atoms with Gasteiger partial charge in [-0.3, -0.25) is 4.79 Å². The van der Waals surface area contributed by atoms with Gasteiger partial charge < -0.3 is 15.5 Å². The normalized spacial score (nSPS) is 10.2. The highest BCUT2D eigenvalue weighted by Gasteiger charge is 2.08. The van der Waals surface area contributed by atoms with Crippen LogP contribution in [0.15, 0.2) is 42.5 Å². The van der Waals surface area contributed by atoms with E-state index in [-0.39, 0.29) is 17.4 Å². The van der Waals surface area contributed by atoms with E-state index in [4.69, 9.17) is 0 Å². The summed E-state index contributed by atoms with van der Waals surface area (Å²) in [6.07, 6.45) is 0. The maximum Gasteiger partial charge on any atom is 0.251 e. The second-order valence-electron chi connectivity index (χ2n) is 4.34. The van der Waals surface area contributed by atoms with Crippen molar-refractivity contribution in [1.29, 1.82) is 0 Å². The Hall–Kier alpha value is -2.01. The Balaban J connectivity index is 2.02. The number of rotatable bonds is 4. The molecule has 5 heteroatoms. The molecule has 0 unspecified atom stereocenters. The lowest BCUT2D eigenvalue weighted by molar-refractivity contribution is 0.0950. The number of alkyl halides is 1. The van der Waals surface area contributed by atoms with Crippen molar-refractivity contribution in [3.63, 3.8) is 0 Å². The first-order valence-corrected chi connectivity index (χ1v) is 7.16. The van der Waals surface area contributed by atoms with Crippen molar-refractivity contribution in [3.8, 4) is 11.5 Å². The SMILES string of the molecule is O=C(NCc1cccc(CBr)c1)c1ccc(O)c(O)c1. The van der Waals surface area contributed by atoms with Crippen molar-refractivity contribution < 1.29 is 15.0 Å². The summed E-state index contributed by atoms with van der Waals surface area (Å²) < 4.78 is 0. The van der Waals surface area contributed by atoms with Crippen molar-refractivity contribution in [3.05, 3.63) is 59.2 Å². The lowest BCUT2D eigenvalue weighted by atomic mass is 10.1. The van der Waals surface area contributed by atoms with E-state index >= 15 is 0 Å². The molecule has 0 heterocycles. The molecule has 0 saturated heterocycles. The molecular formula is C15H14BrNO3. The first kappa shape index (κ1) is 14.4. The van der Waals surface area contributed by atoms with Gasteiger partial charge >= 0.3 is 0 Å². The standard InChI is InChI=1S/C15H14BrNO3/c16-8-10-2-1-3-11(6-10)9-17-15(20)12-4-5-13(18)14(19)7-12/h1-7,18-19H,8-9H2,(H,17,20).